The smallest absolute Gasteiger partial charge is 0.227 e. The van der Waals surface area contributed by atoms with Crippen molar-refractivity contribution in [2.24, 2.45) is 23.5 Å². The van der Waals surface area contributed by atoms with Gasteiger partial charge in [-0.2, -0.15) is 0 Å². The first-order valence-electron chi connectivity index (χ1n) is 8.81. The number of aromatic nitrogens is 1. The third-order valence-electron chi connectivity index (χ3n) is 6.01. The molecule has 2 aliphatic carbocycles. The second-order valence-electron chi connectivity index (χ2n) is 7.47. The molecule has 4 rings (SSSR count). The average Bonchev–Trinajstić information content (AvgIpc) is 3.24. The Morgan fingerprint density at radius 2 is 1.92 bits per heavy atom. The molecule has 4 atom stereocenters. The van der Waals surface area contributed by atoms with Crippen molar-refractivity contribution in [3.05, 3.63) is 17.5 Å². The second-order valence-corrected chi connectivity index (χ2v) is 7.47. The highest BCUT2D eigenvalue weighted by Gasteiger charge is 2.50. The fraction of sp³-hybridized carbons (Fsp3) is 0.765. The highest BCUT2D eigenvalue weighted by Crippen LogP contribution is 2.48. The maximum Gasteiger partial charge on any atom is 0.227 e. The van der Waals surface area contributed by atoms with Gasteiger partial charge in [0.1, 0.15) is 0 Å². The maximum absolute atomic E-state index is 12.9. The Morgan fingerprint density at radius 1 is 1.24 bits per heavy atom. The van der Waals surface area contributed by atoms with Crippen molar-refractivity contribution < 1.29 is 9.32 Å². The minimum Gasteiger partial charge on any atom is -0.360 e. The standard InChI is InChI=1S/C17H26N4O2.2ClH/c1-11-8-14(23-19-11)10-20-4-6-21(7-5-20)17(22)15-12-2-3-13(9-12)16(15)18;;/h8,12-13,15-16H,2-7,9-10,18H2,1H3;2*1H. The van der Waals surface area contributed by atoms with E-state index >= 15 is 0 Å². The number of piperazine rings is 1. The number of nitrogens with zero attached hydrogens (tertiary/aromatic N) is 3. The lowest BCUT2D eigenvalue weighted by Gasteiger charge is -2.38. The lowest BCUT2D eigenvalue weighted by molar-refractivity contribution is -0.139. The summed E-state index contributed by atoms with van der Waals surface area (Å²) in [7, 11) is 0. The van der Waals surface area contributed by atoms with Gasteiger partial charge >= 0.3 is 0 Å². The van der Waals surface area contributed by atoms with Gasteiger partial charge in [0.05, 0.1) is 18.2 Å². The van der Waals surface area contributed by atoms with Crippen LogP contribution < -0.4 is 5.73 Å². The van der Waals surface area contributed by atoms with Crippen molar-refractivity contribution in [2.75, 3.05) is 26.2 Å². The summed E-state index contributed by atoms with van der Waals surface area (Å²) in [6, 6.07) is 2.07. The molecule has 6 nitrogen and oxygen atoms in total. The number of carbonyl (C=O) groups is 1. The van der Waals surface area contributed by atoms with Crippen molar-refractivity contribution in [1.29, 1.82) is 0 Å². The van der Waals surface area contributed by atoms with Crippen LogP contribution in [0.15, 0.2) is 10.6 Å². The van der Waals surface area contributed by atoms with Crippen LogP contribution in [-0.2, 0) is 11.3 Å². The molecule has 2 saturated carbocycles. The predicted octanol–water partition coefficient (Wildman–Crippen LogP) is 1.84. The van der Waals surface area contributed by atoms with Gasteiger partial charge in [0.2, 0.25) is 5.91 Å². The molecule has 4 unspecified atom stereocenters. The Bertz CT molecular complexity index is 587. The van der Waals surface area contributed by atoms with Crippen LogP contribution in [0.25, 0.3) is 0 Å². The SMILES string of the molecule is Cc1cc(CN2CCN(C(=O)C3C4CCC(C4)C3N)CC2)on1.Cl.Cl. The predicted molar refractivity (Wildman–Crippen MR) is 99.9 cm³/mol. The third kappa shape index (κ3) is 3.97. The van der Waals surface area contributed by atoms with Crippen LogP contribution in [0.5, 0.6) is 0 Å². The van der Waals surface area contributed by atoms with Crippen molar-refractivity contribution in [1.82, 2.24) is 15.0 Å². The van der Waals surface area contributed by atoms with Crippen molar-refractivity contribution in [3.8, 4) is 0 Å². The largest absolute Gasteiger partial charge is 0.360 e. The third-order valence-corrected chi connectivity index (χ3v) is 6.01. The first kappa shape index (κ1) is 20.5. The summed E-state index contributed by atoms with van der Waals surface area (Å²) in [6.45, 7) is 6.08. The van der Waals surface area contributed by atoms with E-state index in [-0.39, 0.29) is 36.8 Å². The highest BCUT2D eigenvalue weighted by atomic mass is 35.5. The van der Waals surface area contributed by atoms with Crippen LogP contribution in [0.2, 0.25) is 0 Å². The molecule has 2 bridgehead atoms. The zero-order chi connectivity index (χ0) is 16.0. The number of hydrogen-bond acceptors (Lipinski definition) is 5. The van der Waals surface area contributed by atoms with E-state index in [1.54, 1.807) is 0 Å². The number of carbonyl (C=O) groups excluding carboxylic acids is 1. The van der Waals surface area contributed by atoms with Gasteiger partial charge < -0.3 is 15.2 Å². The Labute approximate surface area is 161 Å². The molecule has 0 aromatic carbocycles. The molecule has 0 spiro atoms. The van der Waals surface area contributed by atoms with Crippen LogP contribution in [0.3, 0.4) is 0 Å². The van der Waals surface area contributed by atoms with Crippen LogP contribution in [-0.4, -0.2) is 53.1 Å². The molecule has 3 aliphatic rings. The van der Waals surface area contributed by atoms with Gasteiger partial charge in [-0.25, -0.2) is 0 Å². The van der Waals surface area contributed by atoms with E-state index in [1.165, 1.54) is 19.3 Å². The van der Waals surface area contributed by atoms with Crippen LogP contribution >= 0.6 is 24.8 Å². The zero-order valence-corrected chi connectivity index (χ0v) is 16.2. The summed E-state index contributed by atoms with van der Waals surface area (Å²) < 4.78 is 5.28. The number of nitrogens with two attached hydrogens (primary N) is 1. The molecule has 25 heavy (non-hydrogen) atoms. The van der Waals surface area contributed by atoms with Gasteiger partial charge in [0.15, 0.2) is 5.76 Å². The molecule has 0 radical (unpaired) electrons. The first-order chi connectivity index (χ1) is 11.1. The average molecular weight is 391 g/mol. The van der Waals surface area contributed by atoms with Crippen LogP contribution in [0.1, 0.15) is 30.7 Å². The second kappa shape index (κ2) is 8.25. The summed E-state index contributed by atoms with van der Waals surface area (Å²) in [5.41, 5.74) is 7.24. The molecule has 1 saturated heterocycles. The number of fused-ring (bicyclic) bond motifs is 2. The summed E-state index contributed by atoms with van der Waals surface area (Å²) in [6.07, 6.45) is 3.59. The molecule has 142 valence electrons. The Hall–Kier alpha value is -0.820. The van der Waals surface area contributed by atoms with Gasteiger partial charge in [0.25, 0.3) is 0 Å². The van der Waals surface area contributed by atoms with E-state index in [2.05, 4.69) is 10.1 Å². The van der Waals surface area contributed by atoms with E-state index < -0.39 is 0 Å². The summed E-state index contributed by atoms with van der Waals surface area (Å²) in [5, 5.41) is 3.93. The lowest BCUT2D eigenvalue weighted by atomic mass is 9.84. The van der Waals surface area contributed by atoms with E-state index in [9.17, 15) is 4.79 Å². The number of amides is 1. The summed E-state index contributed by atoms with van der Waals surface area (Å²) >= 11 is 0. The number of aryl methyl sites for hydroxylation is 1. The minimum absolute atomic E-state index is 0. The summed E-state index contributed by atoms with van der Waals surface area (Å²) in [4.78, 5) is 17.2. The van der Waals surface area contributed by atoms with E-state index in [4.69, 9.17) is 10.3 Å². The molecular formula is C17H28Cl2N4O2. The molecule has 3 fully saturated rings. The molecule has 1 aromatic heterocycles. The molecule has 1 amide bonds. The van der Waals surface area contributed by atoms with Gasteiger partial charge in [0, 0.05) is 38.3 Å². The molecule has 8 heteroatoms. The van der Waals surface area contributed by atoms with Crippen molar-refractivity contribution in [3.63, 3.8) is 0 Å². The Balaban J connectivity index is 0.00000113. The quantitative estimate of drug-likeness (QED) is 0.851. The Morgan fingerprint density at radius 3 is 2.48 bits per heavy atom. The molecule has 1 aromatic rings. The highest BCUT2D eigenvalue weighted by molar-refractivity contribution is 5.85. The molecule has 2 N–H and O–H groups in total. The van der Waals surface area contributed by atoms with Gasteiger partial charge in [-0.15, -0.1) is 24.8 Å². The zero-order valence-electron chi connectivity index (χ0n) is 14.6. The fourth-order valence-electron chi connectivity index (χ4n) is 4.75. The molecular weight excluding hydrogens is 363 g/mol. The van der Waals surface area contributed by atoms with Crippen molar-refractivity contribution in [2.45, 2.75) is 38.8 Å². The van der Waals surface area contributed by atoms with Gasteiger partial charge in [-0.1, -0.05) is 5.16 Å². The fourth-order valence-corrected chi connectivity index (χ4v) is 4.75. The van der Waals surface area contributed by atoms with E-state index in [0.717, 1.165) is 44.2 Å². The number of rotatable bonds is 3. The van der Waals surface area contributed by atoms with Crippen LogP contribution in [0, 0.1) is 24.7 Å². The topological polar surface area (TPSA) is 75.6 Å². The monoisotopic (exact) mass is 390 g/mol. The van der Waals surface area contributed by atoms with Crippen LogP contribution in [0.4, 0.5) is 0 Å². The van der Waals surface area contributed by atoms with Crippen molar-refractivity contribution >= 4 is 30.7 Å². The lowest BCUT2D eigenvalue weighted by Crippen LogP contribution is -2.53. The molecule has 2 heterocycles. The van der Waals surface area contributed by atoms with E-state index in [1.807, 2.05) is 17.9 Å². The first-order valence-corrected chi connectivity index (χ1v) is 8.81. The Kier molecular flexibility index (Phi) is 6.76. The van der Waals surface area contributed by atoms with Gasteiger partial charge in [-0.3, -0.25) is 9.69 Å². The maximum atomic E-state index is 12.9. The van der Waals surface area contributed by atoms with E-state index in [0.29, 0.717) is 17.7 Å². The summed E-state index contributed by atoms with van der Waals surface area (Å²) in [5.74, 6) is 2.41. The molecule has 1 aliphatic heterocycles. The normalized spacial score (nSPS) is 31.5. The number of halogens is 2. The van der Waals surface area contributed by atoms with Gasteiger partial charge in [-0.05, 0) is 38.0 Å². The minimum atomic E-state index is 0. The number of hydrogen-bond donors (Lipinski definition) is 1.